The third kappa shape index (κ3) is 5.28. The first-order chi connectivity index (χ1) is 10.9. The second kappa shape index (κ2) is 7.51. The number of halogens is 3. The number of ether oxygens (including phenoxy) is 1. The molecule has 0 heterocycles. The molecule has 0 fully saturated rings. The number of hydrogen-bond donors (Lipinski definition) is 1. The van der Waals surface area contributed by atoms with Gasteiger partial charge in [-0.1, -0.05) is 30.3 Å². The van der Waals surface area contributed by atoms with Crippen LogP contribution in [0.25, 0.3) is 0 Å². The van der Waals surface area contributed by atoms with Gasteiger partial charge >= 0.3 is 6.18 Å². The molecule has 5 heteroatoms. The van der Waals surface area contributed by atoms with Crippen LogP contribution >= 0.6 is 0 Å². The number of benzene rings is 2. The summed E-state index contributed by atoms with van der Waals surface area (Å²) in [7, 11) is 1.62. The van der Waals surface area contributed by atoms with E-state index in [2.05, 4.69) is 5.32 Å². The fraction of sp³-hybridized carbons (Fsp3) is 0.333. The van der Waals surface area contributed by atoms with Crippen LogP contribution in [0, 0.1) is 0 Å². The second-order valence-electron chi connectivity index (χ2n) is 5.53. The molecule has 2 rings (SSSR count). The minimum absolute atomic E-state index is 0.151. The predicted molar refractivity (Wildman–Crippen MR) is 84.4 cm³/mol. The molecule has 0 aromatic heterocycles. The van der Waals surface area contributed by atoms with Crippen molar-refractivity contribution in [3.8, 4) is 5.75 Å². The Hall–Kier alpha value is -2.01. The van der Waals surface area contributed by atoms with Crippen LogP contribution in [-0.2, 0) is 19.1 Å². The highest BCUT2D eigenvalue weighted by atomic mass is 19.4. The second-order valence-corrected chi connectivity index (χ2v) is 5.53. The Morgan fingerprint density at radius 1 is 1.04 bits per heavy atom. The summed E-state index contributed by atoms with van der Waals surface area (Å²) in [6.45, 7) is 2.42. The van der Waals surface area contributed by atoms with Crippen LogP contribution in [0.2, 0.25) is 0 Å². The van der Waals surface area contributed by atoms with Crippen molar-refractivity contribution in [3.63, 3.8) is 0 Å². The molecule has 0 aliphatic heterocycles. The van der Waals surface area contributed by atoms with Crippen LogP contribution in [0.3, 0.4) is 0 Å². The Labute approximate surface area is 134 Å². The van der Waals surface area contributed by atoms with Crippen LogP contribution in [0.4, 0.5) is 13.2 Å². The third-order valence-electron chi connectivity index (χ3n) is 3.61. The van der Waals surface area contributed by atoms with Crippen LogP contribution < -0.4 is 10.1 Å². The van der Waals surface area contributed by atoms with E-state index in [4.69, 9.17) is 4.74 Å². The van der Waals surface area contributed by atoms with E-state index in [1.165, 1.54) is 12.1 Å². The number of nitrogens with one attached hydrogen (secondary N) is 1. The summed E-state index contributed by atoms with van der Waals surface area (Å²) in [5.41, 5.74) is 1.16. The van der Waals surface area contributed by atoms with Gasteiger partial charge in [0, 0.05) is 12.6 Å². The van der Waals surface area contributed by atoms with Crippen molar-refractivity contribution in [1.29, 1.82) is 0 Å². The molecule has 0 aliphatic carbocycles. The molecular weight excluding hydrogens is 303 g/mol. The highest BCUT2D eigenvalue weighted by Gasteiger charge is 2.30. The molecule has 0 bridgehead atoms. The van der Waals surface area contributed by atoms with Gasteiger partial charge in [-0.15, -0.1) is 0 Å². The number of methoxy groups -OCH3 is 1. The molecule has 2 nitrogen and oxygen atoms in total. The highest BCUT2D eigenvalue weighted by molar-refractivity contribution is 5.28. The van der Waals surface area contributed by atoms with E-state index in [1.54, 1.807) is 13.2 Å². The molecule has 124 valence electrons. The smallest absolute Gasteiger partial charge is 0.416 e. The van der Waals surface area contributed by atoms with Gasteiger partial charge in [0.2, 0.25) is 0 Å². The summed E-state index contributed by atoms with van der Waals surface area (Å²) in [4.78, 5) is 0. The van der Waals surface area contributed by atoms with E-state index >= 15 is 0 Å². The Balaban J connectivity index is 1.90. The zero-order valence-electron chi connectivity index (χ0n) is 13.2. The van der Waals surface area contributed by atoms with Gasteiger partial charge in [0.25, 0.3) is 0 Å². The lowest BCUT2D eigenvalue weighted by Crippen LogP contribution is -2.27. The van der Waals surface area contributed by atoms with E-state index < -0.39 is 11.7 Å². The molecule has 1 atom stereocenters. The number of rotatable bonds is 6. The molecule has 0 saturated carbocycles. The fourth-order valence-corrected chi connectivity index (χ4v) is 2.34. The Morgan fingerprint density at radius 3 is 2.35 bits per heavy atom. The largest absolute Gasteiger partial charge is 0.497 e. The first kappa shape index (κ1) is 17.3. The maximum atomic E-state index is 12.7. The molecule has 1 unspecified atom stereocenters. The topological polar surface area (TPSA) is 21.3 Å². The van der Waals surface area contributed by atoms with Gasteiger partial charge in [-0.25, -0.2) is 0 Å². The highest BCUT2D eigenvalue weighted by Crippen LogP contribution is 2.29. The quantitative estimate of drug-likeness (QED) is 0.849. The van der Waals surface area contributed by atoms with Gasteiger partial charge in [0.05, 0.1) is 12.7 Å². The third-order valence-corrected chi connectivity index (χ3v) is 3.61. The van der Waals surface area contributed by atoms with Crippen molar-refractivity contribution in [1.82, 2.24) is 5.32 Å². The predicted octanol–water partition coefficient (Wildman–Crippen LogP) is 4.43. The molecule has 0 saturated heterocycles. The van der Waals surface area contributed by atoms with Crippen molar-refractivity contribution in [2.75, 3.05) is 7.11 Å². The summed E-state index contributed by atoms with van der Waals surface area (Å²) >= 11 is 0. The zero-order valence-corrected chi connectivity index (χ0v) is 13.2. The average molecular weight is 323 g/mol. The molecule has 0 spiro atoms. The summed E-state index contributed by atoms with van der Waals surface area (Å²) in [6, 6.07) is 13.3. The van der Waals surface area contributed by atoms with Crippen molar-refractivity contribution in [2.24, 2.45) is 0 Å². The van der Waals surface area contributed by atoms with Crippen molar-refractivity contribution in [3.05, 3.63) is 65.2 Å². The Morgan fingerprint density at radius 2 is 1.74 bits per heavy atom. The molecule has 1 N–H and O–H groups in total. The van der Waals surface area contributed by atoms with Gasteiger partial charge < -0.3 is 10.1 Å². The van der Waals surface area contributed by atoms with Crippen molar-refractivity contribution < 1.29 is 17.9 Å². The van der Waals surface area contributed by atoms with Gasteiger partial charge in [0.1, 0.15) is 5.75 Å². The summed E-state index contributed by atoms with van der Waals surface area (Å²) in [6.07, 6.45) is -3.51. The van der Waals surface area contributed by atoms with E-state index in [-0.39, 0.29) is 6.04 Å². The lowest BCUT2D eigenvalue weighted by atomic mass is 10.1. The number of hydrogen-bond acceptors (Lipinski definition) is 2. The lowest BCUT2D eigenvalue weighted by Gasteiger charge is -2.15. The monoisotopic (exact) mass is 323 g/mol. The first-order valence-corrected chi connectivity index (χ1v) is 7.41. The molecule has 0 aliphatic rings. The lowest BCUT2D eigenvalue weighted by molar-refractivity contribution is -0.137. The van der Waals surface area contributed by atoms with Gasteiger partial charge in [-0.05, 0) is 42.7 Å². The van der Waals surface area contributed by atoms with E-state index in [9.17, 15) is 13.2 Å². The summed E-state index contributed by atoms with van der Waals surface area (Å²) in [5.74, 6) is 0.804. The molecule has 2 aromatic rings. The number of alkyl halides is 3. The minimum Gasteiger partial charge on any atom is -0.497 e. The molecular formula is C18H20F3NO. The maximum Gasteiger partial charge on any atom is 0.416 e. The first-order valence-electron chi connectivity index (χ1n) is 7.41. The minimum atomic E-state index is -4.30. The Bertz CT molecular complexity index is 623. The summed E-state index contributed by atoms with van der Waals surface area (Å²) in [5, 5.41) is 3.26. The van der Waals surface area contributed by atoms with Gasteiger partial charge in [0.15, 0.2) is 0 Å². The fourth-order valence-electron chi connectivity index (χ4n) is 2.34. The standard InChI is InChI=1S/C18H20F3NO/c1-13(10-14-6-8-17(23-2)9-7-14)22-12-15-4-3-5-16(11-15)18(19,20)21/h3-9,11,13,22H,10,12H2,1-2H3. The van der Waals surface area contributed by atoms with E-state index in [1.807, 2.05) is 31.2 Å². The Kier molecular flexibility index (Phi) is 5.66. The molecule has 0 amide bonds. The molecule has 2 aromatic carbocycles. The SMILES string of the molecule is COc1ccc(CC(C)NCc2cccc(C(F)(F)F)c2)cc1. The van der Waals surface area contributed by atoms with Crippen LogP contribution in [-0.4, -0.2) is 13.2 Å². The van der Waals surface area contributed by atoms with Crippen molar-refractivity contribution in [2.45, 2.75) is 32.1 Å². The summed E-state index contributed by atoms with van der Waals surface area (Å²) < 4.78 is 43.2. The van der Waals surface area contributed by atoms with Crippen LogP contribution in [0.1, 0.15) is 23.6 Å². The van der Waals surface area contributed by atoms with Crippen molar-refractivity contribution >= 4 is 0 Å². The van der Waals surface area contributed by atoms with E-state index in [0.29, 0.717) is 12.1 Å². The average Bonchev–Trinajstić information content (AvgIpc) is 2.53. The van der Waals surface area contributed by atoms with E-state index in [0.717, 1.165) is 23.8 Å². The van der Waals surface area contributed by atoms with Gasteiger partial charge in [-0.3, -0.25) is 0 Å². The van der Waals surface area contributed by atoms with Gasteiger partial charge in [-0.2, -0.15) is 13.2 Å². The van der Waals surface area contributed by atoms with Crippen LogP contribution in [0.5, 0.6) is 5.75 Å². The maximum absolute atomic E-state index is 12.7. The molecule has 23 heavy (non-hydrogen) atoms. The van der Waals surface area contributed by atoms with Crippen LogP contribution in [0.15, 0.2) is 48.5 Å². The molecule has 0 radical (unpaired) electrons. The normalized spacial score (nSPS) is 12.9. The zero-order chi connectivity index (χ0) is 16.9.